The number of carbonyl (C=O) groups is 3. The Kier molecular flexibility index (Phi) is 7.27. The fraction of sp³-hybridized carbons (Fsp3) is 0.412. The van der Waals surface area contributed by atoms with Gasteiger partial charge in [0.15, 0.2) is 5.96 Å². The van der Waals surface area contributed by atoms with Crippen LogP contribution in [0.15, 0.2) is 29.3 Å². The summed E-state index contributed by atoms with van der Waals surface area (Å²) >= 11 is 0. The molecule has 1 heterocycles. The first-order valence-corrected chi connectivity index (χ1v) is 8.62. The number of carboxylic acids is 1. The third-order valence-corrected chi connectivity index (χ3v) is 3.88. The quantitative estimate of drug-likeness (QED) is 0.348. The van der Waals surface area contributed by atoms with E-state index >= 15 is 0 Å². The van der Waals surface area contributed by atoms with Gasteiger partial charge in [-0.2, -0.15) is 0 Å². The molecule has 0 aliphatic carbocycles. The van der Waals surface area contributed by atoms with Crippen molar-refractivity contribution in [2.24, 2.45) is 10.7 Å². The van der Waals surface area contributed by atoms with Gasteiger partial charge < -0.3 is 32.1 Å². The van der Waals surface area contributed by atoms with Crippen molar-refractivity contribution >= 4 is 29.4 Å². The molecule has 0 fully saturated rings. The molecule has 7 N–H and O–H groups in total. The molecule has 0 saturated heterocycles. The standard InChI is InChI=1S/C17H23FN6O4/c1-9(14(25)20-8-13(19)16(27)28)23-15(26)10-3-2-4-12(5-10)24-17-21-6-11(18)7-22-17/h2-5,9,11,13H,6-8,19H2,1H3,(H,20,25)(H,23,26)(H,27,28)(H2,21,22,24). The second kappa shape index (κ2) is 9.65. The molecule has 1 aliphatic heterocycles. The van der Waals surface area contributed by atoms with Gasteiger partial charge in [0.25, 0.3) is 5.91 Å². The fourth-order valence-corrected chi connectivity index (χ4v) is 2.27. The highest BCUT2D eigenvalue weighted by Crippen LogP contribution is 2.11. The molecule has 1 aromatic carbocycles. The van der Waals surface area contributed by atoms with Crippen LogP contribution in [0.25, 0.3) is 0 Å². The number of aliphatic carboxylic acids is 1. The zero-order chi connectivity index (χ0) is 20.7. The average molecular weight is 394 g/mol. The van der Waals surface area contributed by atoms with Crippen LogP contribution >= 0.6 is 0 Å². The predicted molar refractivity (Wildman–Crippen MR) is 101 cm³/mol. The molecule has 0 saturated carbocycles. The van der Waals surface area contributed by atoms with E-state index in [-0.39, 0.29) is 19.6 Å². The van der Waals surface area contributed by atoms with Crippen LogP contribution in [-0.2, 0) is 9.59 Å². The highest BCUT2D eigenvalue weighted by Gasteiger charge is 2.19. The molecular weight excluding hydrogens is 371 g/mol. The van der Waals surface area contributed by atoms with Gasteiger partial charge in [-0.05, 0) is 25.1 Å². The maximum atomic E-state index is 13.1. The van der Waals surface area contributed by atoms with E-state index in [1.54, 1.807) is 24.3 Å². The maximum absolute atomic E-state index is 13.1. The molecule has 0 bridgehead atoms. The number of amides is 2. The summed E-state index contributed by atoms with van der Waals surface area (Å²) in [5.41, 5.74) is 6.18. The van der Waals surface area contributed by atoms with Crippen molar-refractivity contribution < 1.29 is 23.9 Å². The summed E-state index contributed by atoms with van der Waals surface area (Å²) < 4.78 is 13.1. The molecule has 1 aliphatic rings. The lowest BCUT2D eigenvalue weighted by Gasteiger charge is -2.19. The number of carboxylic acid groups (broad SMARTS) is 1. The van der Waals surface area contributed by atoms with E-state index in [1.165, 1.54) is 6.92 Å². The number of nitrogens with zero attached hydrogens (tertiary/aromatic N) is 1. The van der Waals surface area contributed by atoms with E-state index in [2.05, 4.69) is 26.3 Å². The molecular formula is C17H23FN6O4. The number of anilines is 1. The molecule has 0 aromatic heterocycles. The number of carbonyl (C=O) groups excluding carboxylic acids is 2. The summed E-state index contributed by atoms with van der Waals surface area (Å²) in [6.07, 6.45) is -1.03. The number of hydrogen-bond acceptors (Lipinski definition) is 7. The van der Waals surface area contributed by atoms with E-state index in [4.69, 9.17) is 10.8 Å². The van der Waals surface area contributed by atoms with E-state index in [0.29, 0.717) is 17.2 Å². The zero-order valence-electron chi connectivity index (χ0n) is 15.2. The Morgan fingerprint density at radius 2 is 2.18 bits per heavy atom. The highest BCUT2D eigenvalue weighted by atomic mass is 19.1. The first-order valence-electron chi connectivity index (χ1n) is 8.62. The molecule has 2 rings (SSSR count). The lowest BCUT2D eigenvalue weighted by molar-refractivity contribution is -0.138. The van der Waals surface area contributed by atoms with E-state index in [1.807, 2.05) is 0 Å². The molecule has 10 nitrogen and oxygen atoms in total. The molecule has 2 amide bonds. The number of alkyl halides is 1. The number of hydrogen-bond donors (Lipinski definition) is 6. The van der Waals surface area contributed by atoms with E-state index in [9.17, 15) is 18.8 Å². The van der Waals surface area contributed by atoms with Crippen LogP contribution in [0.4, 0.5) is 10.1 Å². The van der Waals surface area contributed by atoms with Crippen LogP contribution in [0.3, 0.4) is 0 Å². The second-order valence-electron chi connectivity index (χ2n) is 6.26. The van der Waals surface area contributed by atoms with Gasteiger partial charge in [-0.15, -0.1) is 0 Å². The zero-order valence-corrected chi connectivity index (χ0v) is 15.2. The Morgan fingerprint density at radius 3 is 2.82 bits per heavy atom. The Morgan fingerprint density at radius 1 is 1.43 bits per heavy atom. The predicted octanol–water partition coefficient (Wildman–Crippen LogP) is -0.958. The molecule has 3 atom stereocenters. The van der Waals surface area contributed by atoms with Gasteiger partial charge in [-0.3, -0.25) is 14.4 Å². The highest BCUT2D eigenvalue weighted by molar-refractivity contribution is 6.00. The van der Waals surface area contributed by atoms with Crippen LogP contribution in [0.2, 0.25) is 0 Å². The largest absolute Gasteiger partial charge is 0.480 e. The molecule has 28 heavy (non-hydrogen) atoms. The van der Waals surface area contributed by atoms with E-state index < -0.39 is 36.0 Å². The number of aliphatic imine (C=N–C) groups is 1. The van der Waals surface area contributed by atoms with Gasteiger partial charge >= 0.3 is 5.97 Å². The van der Waals surface area contributed by atoms with Gasteiger partial charge in [0.05, 0.1) is 13.1 Å². The summed E-state index contributed by atoms with van der Waals surface area (Å²) in [6.45, 7) is 1.44. The van der Waals surface area contributed by atoms with E-state index in [0.717, 1.165) is 0 Å². The van der Waals surface area contributed by atoms with Crippen molar-refractivity contribution in [3.05, 3.63) is 29.8 Å². The third-order valence-electron chi connectivity index (χ3n) is 3.88. The van der Waals surface area contributed by atoms with Crippen LogP contribution in [0.5, 0.6) is 0 Å². The summed E-state index contributed by atoms with van der Waals surface area (Å²) in [4.78, 5) is 39.0. The van der Waals surface area contributed by atoms with Crippen molar-refractivity contribution in [1.29, 1.82) is 0 Å². The van der Waals surface area contributed by atoms with Crippen LogP contribution in [0.1, 0.15) is 17.3 Å². The van der Waals surface area contributed by atoms with Crippen molar-refractivity contribution in [2.75, 3.05) is 25.0 Å². The summed E-state index contributed by atoms with van der Waals surface area (Å²) in [7, 11) is 0. The molecule has 11 heteroatoms. The van der Waals surface area contributed by atoms with Crippen molar-refractivity contribution in [3.63, 3.8) is 0 Å². The Hall–Kier alpha value is -3.21. The maximum Gasteiger partial charge on any atom is 0.322 e. The smallest absolute Gasteiger partial charge is 0.322 e. The molecule has 152 valence electrons. The van der Waals surface area contributed by atoms with Crippen LogP contribution in [-0.4, -0.2) is 66.7 Å². The first kappa shape index (κ1) is 21.1. The monoisotopic (exact) mass is 394 g/mol. The lowest BCUT2D eigenvalue weighted by atomic mass is 10.1. The van der Waals surface area contributed by atoms with Gasteiger partial charge in [-0.25, -0.2) is 9.38 Å². The number of rotatable bonds is 7. The lowest BCUT2D eigenvalue weighted by Crippen LogP contribution is -2.49. The minimum absolute atomic E-state index is 0.0632. The SMILES string of the molecule is CC(NC(=O)c1cccc(NC2=NCC(F)CN2)c1)C(=O)NCC(N)C(=O)O. The number of halogens is 1. The van der Waals surface area contributed by atoms with Gasteiger partial charge in [0, 0.05) is 17.8 Å². The Balaban J connectivity index is 1.91. The molecule has 3 unspecified atom stereocenters. The molecule has 1 aromatic rings. The number of nitrogens with two attached hydrogens (primary N) is 1. The van der Waals surface area contributed by atoms with Crippen LogP contribution in [0, 0.1) is 0 Å². The Labute approximate surface area is 160 Å². The topological polar surface area (TPSA) is 158 Å². The van der Waals surface area contributed by atoms with Crippen LogP contribution < -0.4 is 27.0 Å². The summed E-state index contributed by atoms with van der Waals surface area (Å²) in [5.74, 6) is -1.87. The van der Waals surface area contributed by atoms with Gasteiger partial charge in [0.1, 0.15) is 18.3 Å². The second-order valence-corrected chi connectivity index (χ2v) is 6.26. The summed E-state index contributed by atoms with van der Waals surface area (Å²) in [5, 5.41) is 19.3. The number of benzene rings is 1. The summed E-state index contributed by atoms with van der Waals surface area (Å²) in [6, 6.07) is 4.38. The molecule has 0 radical (unpaired) electrons. The number of nitrogens with one attached hydrogen (secondary N) is 4. The third kappa shape index (κ3) is 6.20. The minimum Gasteiger partial charge on any atom is -0.480 e. The number of guanidine groups is 1. The fourth-order valence-electron chi connectivity index (χ4n) is 2.27. The Bertz CT molecular complexity index is 772. The average Bonchev–Trinajstić information content (AvgIpc) is 2.67. The van der Waals surface area contributed by atoms with Gasteiger partial charge in [0.2, 0.25) is 5.91 Å². The molecule has 0 spiro atoms. The van der Waals surface area contributed by atoms with Crippen molar-refractivity contribution in [3.8, 4) is 0 Å². The first-order chi connectivity index (χ1) is 13.3. The normalized spacial score (nSPS) is 18.1. The minimum atomic E-state index is -1.24. The van der Waals surface area contributed by atoms with Gasteiger partial charge in [-0.1, -0.05) is 6.07 Å². The van der Waals surface area contributed by atoms with Crippen molar-refractivity contribution in [1.82, 2.24) is 16.0 Å². The van der Waals surface area contributed by atoms with Crippen molar-refractivity contribution in [2.45, 2.75) is 25.2 Å².